The van der Waals surface area contributed by atoms with Crippen LogP contribution in [0.1, 0.15) is 58.4 Å². The van der Waals surface area contributed by atoms with Gasteiger partial charge in [-0.05, 0) is 65.9 Å². The summed E-state index contributed by atoms with van der Waals surface area (Å²) in [5.41, 5.74) is 6.82. The fourth-order valence-electron chi connectivity index (χ4n) is 3.72. The molecular formula is C34H31FO4. The van der Waals surface area contributed by atoms with E-state index in [0.717, 1.165) is 52.3 Å². The molecule has 0 fully saturated rings. The average molecular weight is 523 g/mol. The third kappa shape index (κ3) is 8.75. The van der Waals surface area contributed by atoms with Crippen LogP contribution in [0.4, 0.5) is 4.39 Å². The Morgan fingerprint density at radius 2 is 1.46 bits per heavy atom. The van der Waals surface area contributed by atoms with E-state index in [1.807, 2.05) is 24.3 Å². The first-order chi connectivity index (χ1) is 19.0. The van der Waals surface area contributed by atoms with Crippen molar-refractivity contribution in [3.63, 3.8) is 0 Å². The second-order valence-corrected chi connectivity index (χ2v) is 8.49. The Kier molecular flexibility index (Phi) is 11.1. The molecule has 0 bridgehead atoms. The fraction of sp³-hybridized carbons (Fsp3) is 0.206. The minimum Gasteiger partial charge on any atom is -0.476 e. The molecule has 0 spiro atoms. The standard InChI is InChI=1S/C34H31FO4/c1-5-29-19-28(14-11-25-9-12-27(13-10-25)22-39-34(36)7-3)20-30(6-2)32(29)18-16-26-15-17-31(33(35)21-26)23-38-24-37-8-4/h7-10,12-13,15,17,19-21H,3-6,22-24H2,1-2H3. The topological polar surface area (TPSA) is 44.8 Å². The number of rotatable bonds is 10. The zero-order valence-corrected chi connectivity index (χ0v) is 22.3. The Hall–Kier alpha value is -4.58. The van der Waals surface area contributed by atoms with Crippen LogP contribution in [-0.4, -0.2) is 12.8 Å². The molecule has 0 saturated carbocycles. The van der Waals surface area contributed by atoms with Crippen LogP contribution >= 0.6 is 0 Å². The molecule has 0 heterocycles. The summed E-state index contributed by atoms with van der Waals surface area (Å²) in [5, 5.41) is 0. The number of aryl methyl sites for hydroxylation is 2. The molecule has 0 aliphatic rings. The predicted molar refractivity (Wildman–Crippen MR) is 151 cm³/mol. The number of esters is 1. The molecular weight excluding hydrogens is 491 g/mol. The Morgan fingerprint density at radius 1 is 0.821 bits per heavy atom. The molecule has 0 saturated heterocycles. The molecule has 3 aromatic carbocycles. The van der Waals surface area contributed by atoms with Gasteiger partial charge in [-0.3, -0.25) is 0 Å². The maximum absolute atomic E-state index is 14.5. The van der Waals surface area contributed by atoms with E-state index in [0.29, 0.717) is 11.1 Å². The third-order valence-corrected chi connectivity index (χ3v) is 5.83. The summed E-state index contributed by atoms with van der Waals surface area (Å²) in [6.45, 7) is 11.3. The number of carbonyl (C=O) groups is 1. The van der Waals surface area contributed by atoms with Gasteiger partial charge in [0.1, 0.15) is 12.4 Å². The Labute approximate surface area is 230 Å². The number of benzene rings is 3. The van der Waals surface area contributed by atoms with Crippen LogP contribution in [0.3, 0.4) is 0 Å². The second-order valence-electron chi connectivity index (χ2n) is 8.49. The number of halogens is 1. The molecule has 0 aliphatic carbocycles. The van der Waals surface area contributed by atoms with E-state index in [9.17, 15) is 9.18 Å². The first kappa shape index (κ1) is 29.0. The van der Waals surface area contributed by atoms with Gasteiger partial charge in [0.25, 0.3) is 0 Å². The monoisotopic (exact) mass is 522 g/mol. The molecule has 0 amide bonds. The van der Waals surface area contributed by atoms with Gasteiger partial charge in [0, 0.05) is 33.9 Å². The average Bonchev–Trinajstić information content (AvgIpc) is 2.97. The highest BCUT2D eigenvalue weighted by Gasteiger charge is 2.08. The number of hydrogen-bond acceptors (Lipinski definition) is 4. The Morgan fingerprint density at radius 3 is 2.08 bits per heavy atom. The molecule has 0 unspecified atom stereocenters. The summed E-state index contributed by atoms with van der Waals surface area (Å²) in [4.78, 5) is 11.2. The van der Waals surface area contributed by atoms with Gasteiger partial charge in [0.05, 0.1) is 12.9 Å². The van der Waals surface area contributed by atoms with Crippen LogP contribution in [0.15, 0.2) is 80.1 Å². The first-order valence-electron chi connectivity index (χ1n) is 12.6. The van der Waals surface area contributed by atoms with Crippen LogP contribution in [0.25, 0.3) is 0 Å². The van der Waals surface area contributed by atoms with Gasteiger partial charge in [0.15, 0.2) is 6.79 Å². The second kappa shape index (κ2) is 15.0. The van der Waals surface area contributed by atoms with Crippen LogP contribution < -0.4 is 0 Å². The normalized spacial score (nSPS) is 9.92. The van der Waals surface area contributed by atoms with Gasteiger partial charge in [-0.25, -0.2) is 9.18 Å². The van der Waals surface area contributed by atoms with Gasteiger partial charge in [-0.2, -0.15) is 0 Å². The molecule has 0 aromatic heterocycles. The number of carbonyl (C=O) groups excluding carboxylic acids is 1. The van der Waals surface area contributed by atoms with Crippen molar-refractivity contribution in [2.24, 2.45) is 0 Å². The molecule has 0 radical (unpaired) electrons. The van der Waals surface area contributed by atoms with E-state index in [4.69, 9.17) is 14.2 Å². The highest BCUT2D eigenvalue weighted by molar-refractivity contribution is 5.81. The van der Waals surface area contributed by atoms with E-state index in [2.05, 4.69) is 62.8 Å². The molecule has 4 nitrogen and oxygen atoms in total. The molecule has 198 valence electrons. The SMILES string of the molecule is C=COCOCc1ccc(C#Cc2c(CC)cc(C#Cc3ccc(COC(=O)C=C)cc3)cc2CC)cc1F. The molecule has 5 heteroatoms. The van der Waals surface area contributed by atoms with Crippen LogP contribution in [0, 0.1) is 29.5 Å². The van der Waals surface area contributed by atoms with Gasteiger partial charge < -0.3 is 14.2 Å². The van der Waals surface area contributed by atoms with Crippen LogP contribution in [0.5, 0.6) is 0 Å². The molecule has 3 aromatic rings. The lowest BCUT2D eigenvalue weighted by Crippen LogP contribution is -2.00. The Bertz CT molecular complexity index is 1420. The minimum atomic E-state index is -0.452. The maximum Gasteiger partial charge on any atom is 0.330 e. The van der Waals surface area contributed by atoms with Gasteiger partial charge in [0.2, 0.25) is 0 Å². The van der Waals surface area contributed by atoms with Crippen molar-refractivity contribution in [1.82, 2.24) is 0 Å². The summed E-state index contributed by atoms with van der Waals surface area (Å²) in [6, 6.07) is 16.6. The van der Waals surface area contributed by atoms with Crippen molar-refractivity contribution in [3.05, 3.63) is 130 Å². The van der Waals surface area contributed by atoms with E-state index >= 15 is 0 Å². The quantitative estimate of drug-likeness (QED) is 0.0750. The Balaban J connectivity index is 1.78. The summed E-state index contributed by atoms with van der Waals surface area (Å²) in [6.07, 6.45) is 4.00. The van der Waals surface area contributed by atoms with E-state index in [-0.39, 0.29) is 25.8 Å². The molecule has 3 rings (SSSR count). The molecule has 39 heavy (non-hydrogen) atoms. The fourth-order valence-corrected chi connectivity index (χ4v) is 3.72. The van der Waals surface area contributed by atoms with Crippen LogP contribution in [-0.2, 0) is 45.1 Å². The number of ether oxygens (including phenoxy) is 3. The maximum atomic E-state index is 14.5. The third-order valence-electron chi connectivity index (χ3n) is 5.83. The zero-order valence-electron chi connectivity index (χ0n) is 22.3. The summed E-state index contributed by atoms with van der Waals surface area (Å²) in [7, 11) is 0. The number of hydrogen-bond donors (Lipinski definition) is 0. The van der Waals surface area contributed by atoms with Gasteiger partial charge in [-0.1, -0.05) is 68.9 Å². The van der Waals surface area contributed by atoms with E-state index in [1.165, 1.54) is 12.3 Å². The largest absolute Gasteiger partial charge is 0.476 e. The predicted octanol–water partition coefficient (Wildman–Crippen LogP) is 6.61. The highest BCUT2D eigenvalue weighted by atomic mass is 19.1. The van der Waals surface area contributed by atoms with E-state index < -0.39 is 5.97 Å². The molecule has 0 atom stereocenters. The lowest BCUT2D eigenvalue weighted by atomic mass is 9.94. The first-order valence-corrected chi connectivity index (χ1v) is 12.6. The molecule has 0 aliphatic heterocycles. The van der Waals surface area contributed by atoms with Gasteiger partial charge in [-0.15, -0.1) is 0 Å². The van der Waals surface area contributed by atoms with Crippen molar-refractivity contribution in [2.45, 2.75) is 39.9 Å². The van der Waals surface area contributed by atoms with E-state index in [1.54, 1.807) is 12.1 Å². The minimum absolute atomic E-state index is 0.0196. The lowest BCUT2D eigenvalue weighted by molar-refractivity contribution is -0.138. The summed E-state index contributed by atoms with van der Waals surface area (Å²) < 4.78 is 29.7. The van der Waals surface area contributed by atoms with Crippen molar-refractivity contribution in [1.29, 1.82) is 0 Å². The van der Waals surface area contributed by atoms with Crippen molar-refractivity contribution in [3.8, 4) is 23.7 Å². The zero-order chi connectivity index (χ0) is 28.0. The van der Waals surface area contributed by atoms with Crippen LogP contribution in [0.2, 0.25) is 0 Å². The summed E-state index contributed by atoms with van der Waals surface area (Å²) >= 11 is 0. The summed E-state index contributed by atoms with van der Waals surface area (Å²) in [5.74, 6) is 12.0. The van der Waals surface area contributed by atoms with Crippen molar-refractivity contribution >= 4 is 5.97 Å². The van der Waals surface area contributed by atoms with Gasteiger partial charge >= 0.3 is 5.97 Å². The lowest BCUT2D eigenvalue weighted by Gasteiger charge is -2.09. The van der Waals surface area contributed by atoms with Crippen molar-refractivity contribution in [2.75, 3.05) is 6.79 Å². The molecule has 0 N–H and O–H groups in total. The smallest absolute Gasteiger partial charge is 0.330 e. The highest BCUT2D eigenvalue weighted by Crippen LogP contribution is 2.19. The van der Waals surface area contributed by atoms with Crippen molar-refractivity contribution < 1.29 is 23.4 Å².